The standard InChI is InChI=1S/C16H36N2/c1-8-15(9-2)16(18(6)7)12-17-14(5)11-10-13(3)4/h13-17H,8-12H2,1-7H3. The Morgan fingerprint density at radius 3 is 1.89 bits per heavy atom. The van der Waals surface area contributed by atoms with Crippen molar-refractivity contribution < 1.29 is 0 Å². The molecule has 0 heterocycles. The minimum Gasteiger partial charge on any atom is -0.313 e. The average molecular weight is 256 g/mol. The van der Waals surface area contributed by atoms with Crippen molar-refractivity contribution >= 4 is 0 Å². The molecule has 0 spiro atoms. The van der Waals surface area contributed by atoms with Crippen LogP contribution in [0, 0.1) is 11.8 Å². The summed E-state index contributed by atoms with van der Waals surface area (Å²) in [5.41, 5.74) is 0. The number of hydrogen-bond acceptors (Lipinski definition) is 2. The van der Waals surface area contributed by atoms with Crippen LogP contribution in [0.3, 0.4) is 0 Å². The molecule has 0 aliphatic carbocycles. The lowest BCUT2D eigenvalue weighted by molar-refractivity contribution is 0.189. The van der Waals surface area contributed by atoms with Crippen LogP contribution in [-0.4, -0.2) is 37.6 Å². The van der Waals surface area contributed by atoms with E-state index in [-0.39, 0.29) is 0 Å². The first-order valence-electron chi connectivity index (χ1n) is 7.82. The Morgan fingerprint density at radius 2 is 1.50 bits per heavy atom. The van der Waals surface area contributed by atoms with Gasteiger partial charge in [0.05, 0.1) is 0 Å². The summed E-state index contributed by atoms with van der Waals surface area (Å²) in [4.78, 5) is 2.39. The third-order valence-corrected chi connectivity index (χ3v) is 4.11. The first-order chi connectivity index (χ1) is 8.42. The maximum Gasteiger partial charge on any atom is 0.0242 e. The summed E-state index contributed by atoms with van der Waals surface area (Å²) in [5.74, 6) is 1.63. The molecule has 0 bridgehead atoms. The summed E-state index contributed by atoms with van der Waals surface area (Å²) in [7, 11) is 4.42. The molecule has 0 aromatic heterocycles. The Labute approximate surface area is 116 Å². The Hall–Kier alpha value is -0.0800. The van der Waals surface area contributed by atoms with E-state index >= 15 is 0 Å². The molecule has 2 atom stereocenters. The van der Waals surface area contributed by atoms with Gasteiger partial charge in [0.1, 0.15) is 0 Å². The monoisotopic (exact) mass is 256 g/mol. The summed E-state index contributed by atoms with van der Waals surface area (Å²) in [5, 5.41) is 3.73. The Balaban J connectivity index is 4.10. The van der Waals surface area contributed by atoms with E-state index in [1.807, 2.05) is 0 Å². The fourth-order valence-corrected chi connectivity index (χ4v) is 2.61. The Morgan fingerprint density at radius 1 is 0.944 bits per heavy atom. The van der Waals surface area contributed by atoms with Crippen molar-refractivity contribution in [2.24, 2.45) is 11.8 Å². The zero-order valence-electron chi connectivity index (χ0n) is 13.8. The van der Waals surface area contributed by atoms with Crippen molar-refractivity contribution in [3.63, 3.8) is 0 Å². The molecule has 0 fully saturated rings. The lowest BCUT2D eigenvalue weighted by Crippen LogP contribution is -2.45. The zero-order chi connectivity index (χ0) is 14.1. The van der Waals surface area contributed by atoms with E-state index in [0.717, 1.165) is 18.4 Å². The van der Waals surface area contributed by atoms with Crippen LogP contribution in [0.4, 0.5) is 0 Å². The molecule has 0 aromatic rings. The van der Waals surface area contributed by atoms with E-state index in [9.17, 15) is 0 Å². The van der Waals surface area contributed by atoms with Gasteiger partial charge in [-0.1, -0.05) is 40.5 Å². The highest BCUT2D eigenvalue weighted by Crippen LogP contribution is 2.16. The SMILES string of the molecule is CCC(CC)C(CNC(C)CCC(C)C)N(C)C. The molecule has 0 aliphatic rings. The van der Waals surface area contributed by atoms with Crippen molar-refractivity contribution in [1.82, 2.24) is 10.2 Å². The first kappa shape index (κ1) is 17.9. The largest absolute Gasteiger partial charge is 0.313 e. The molecular weight excluding hydrogens is 220 g/mol. The summed E-state index contributed by atoms with van der Waals surface area (Å²) in [6.45, 7) is 12.7. The van der Waals surface area contributed by atoms with Gasteiger partial charge >= 0.3 is 0 Å². The molecule has 1 N–H and O–H groups in total. The molecule has 18 heavy (non-hydrogen) atoms. The highest BCUT2D eigenvalue weighted by molar-refractivity contribution is 4.78. The molecule has 0 saturated heterocycles. The summed E-state index contributed by atoms with van der Waals surface area (Å²) < 4.78 is 0. The smallest absolute Gasteiger partial charge is 0.0242 e. The van der Waals surface area contributed by atoms with Crippen molar-refractivity contribution in [2.45, 2.75) is 72.4 Å². The van der Waals surface area contributed by atoms with E-state index in [1.54, 1.807) is 0 Å². The molecule has 0 amide bonds. The average Bonchev–Trinajstić information content (AvgIpc) is 2.31. The third-order valence-electron chi connectivity index (χ3n) is 4.11. The summed E-state index contributed by atoms with van der Waals surface area (Å²) >= 11 is 0. The number of nitrogens with zero attached hydrogens (tertiary/aromatic N) is 1. The molecule has 0 saturated carbocycles. The summed E-state index contributed by atoms with van der Waals surface area (Å²) in [6.07, 6.45) is 5.18. The number of rotatable bonds is 10. The van der Waals surface area contributed by atoms with Gasteiger partial charge in [0, 0.05) is 18.6 Å². The molecule has 2 heteroatoms. The van der Waals surface area contributed by atoms with Crippen LogP contribution in [0.15, 0.2) is 0 Å². The van der Waals surface area contributed by atoms with Gasteiger partial charge in [-0.15, -0.1) is 0 Å². The third kappa shape index (κ3) is 7.38. The normalized spacial score (nSPS) is 15.7. The van der Waals surface area contributed by atoms with Gasteiger partial charge in [-0.2, -0.15) is 0 Å². The van der Waals surface area contributed by atoms with Crippen LogP contribution in [0.1, 0.15) is 60.3 Å². The lowest BCUT2D eigenvalue weighted by atomic mass is 9.93. The minimum atomic E-state index is 0.643. The summed E-state index contributed by atoms with van der Waals surface area (Å²) in [6, 6.07) is 1.31. The molecule has 0 aliphatic heterocycles. The van der Waals surface area contributed by atoms with E-state index in [1.165, 1.54) is 25.7 Å². The van der Waals surface area contributed by atoms with Gasteiger partial charge in [0.15, 0.2) is 0 Å². The van der Waals surface area contributed by atoms with E-state index in [2.05, 4.69) is 58.9 Å². The van der Waals surface area contributed by atoms with Gasteiger partial charge in [-0.05, 0) is 45.7 Å². The second-order valence-electron chi connectivity index (χ2n) is 6.39. The number of nitrogens with one attached hydrogen (secondary N) is 1. The number of likely N-dealkylation sites (N-methyl/N-ethyl adjacent to an activating group) is 1. The van der Waals surface area contributed by atoms with Gasteiger partial charge in [0.2, 0.25) is 0 Å². The molecule has 2 nitrogen and oxygen atoms in total. The first-order valence-corrected chi connectivity index (χ1v) is 7.82. The Kier molecular flexibility index (Phi) is 9.76. The van der Waals surface area contributed by atoms with Crippen LogP contribution in [0.5, 0.6) is 0 Å². The predicted octanol–water partition coefficient (Wildman–Crippen LogP) is 3.77. The van der Waals surface area contributed by atoms with Crippen LogP contribution in [0.25, 0.3) is 0 Å². The fourth-order valence-electron chi connectivity index (χ4n) is 2.61. The van der Waals surface area contributed by atoms with Gasteiger partial charge in [-0.25, -0.2) is 0 Å². The van der Waals surface area contributed by atoms with E-state index in [4.69, 9.17) is 0 Å². The predicted molar refractivity (Wildman–Crippen MR) is 83.1 cm³/mol. The van der Waals surface area contributed by atoms with Crippen molar-refractivity contribution in [3.05, 3.63) is 0 Å². The topological polar surface area (TPSA) is 15.3 Å². The second kappa shape index (κ2) is 9.80. The van der Waals surface area contributed by atoms with Gasteiger partial charge in [0.25, 0.3) is 0 Å². The molecule has 0 radical (unpaired) electrons. The van der Waals surface area contributed by atoms with Crippen LogP contribution in [-0.2, 0) is 0 Å². The molecule has 110 valence electrons. The quantitative estimate of drug-likeness (QED) is 0.640. The van der Waals surface area contributed by atoms with Crippen molar-refractivity contribution in [2.75, 3.05) is 20.6 Å². The second-order valence-corrected chi connectivity index (χ2v) is 6.39. The fraction of sp³-hybridized carbons (Fsp3) is 1.00. The maximum absolute atomic E-state index is 3.73. The number of hydrogen-bond donors (Lipinski definition) is 1. The molecular formula is C16H36N2. The molecule has 0 rings (SSSR count). The zero-order valence-corrected chi connectivity index (χ0v) is 13.8. The van der Waals surface area contributed by atoms with Crippen molar-refractivity contribution in [3.8, 4) is 0 Å². The lowest BCUT2D eigenvalue weighted by Gasteiger charge is -2.32. The highest BCUT2D eigenvalue weighted by atomic mass is 15.1. The van der Waals surface area contributed by atoms with E-state index < -0.39 is 0 Å². The highest BCUT2D eigenvalue weighted by Gasteiger charge is 2.20. The minimum absolute atomic E-state index is 0.643. The van der Waals surface area contributed by atoms with Crippen LogP contribution < -0.4 is 5.32 Å². The van der Waals surface area contributed by atoms with E-state index in [0.29, 0.717) is 12.1 Å². The van der Waals surface area contributed by atoms with Crippen LogP contribution >= 0.6 is 0 Å². The van der Waals surface area contributed by atoms with Crippen LogP contribution in [0.2, 0.25) is 0 Å². The Bertz CT molecular complexity index is 186. The van der Waals surface area contributed by atoms with Crippen molar-refractivity contribution in [1.29, 1.82) is 0 Å². The molecule has 2 unspecified atom stereocenters. The van der Waals surface area contributed by atoms with Gasteiger partial charge < -0.3 is 10.2 Å². The maximum atomic E-state index is 3.73. The molecule has 0 aromatic carbocycles. The van der Waals surface area contributed by atoms with Gasteiger partial charge in [-0.3, -0.25) is 0 Å².